The van der Waals surface area contributed by atoms with Crippen LogP contribution >= 0.6 is 35.0 Å². The van der Waals surface area contributed by atoms with Crippen molar-refractivity contribution >= 4 is 68.9 Å². The Morgan fingerprint density at radius 1 is 1.15 bits per heavy atom. The first kappa shape index (κ1) is 22.9. The molecule has 0 atom stereocenters. The summed E-state index contributed by atoms with van der Waals surface area (Å²) in [7, 11) is 0. The van der Waals surface area contributed by atoms with Gasteiger partial charge in [-0.15, -0.1) is 0 Å². The number of hydrogen-bond donors (Lipinski definition) is 1. The predicted octanol–water partition coefficient (Wildman–Crippen LogP) is 5.28. The molecule has 11 heteroatoms. The number of thioether (sulfide) groups is 1. The van der Waals surface area contributed by atoms with Gasteiger partial charge in [-0.1, -0.05) is 23.2 Å². The average molecular weight is 516 g/mol. The Morgan fingerprint density at radius 3 is 2.71 bits per heavy atom. The molecule has 0 aliphatic carbocycles. The fraction of sp³-hybridized carbons (Fsp3) is 0.261. The highest BCUT2D eigenvalue weighted by Gasteiger charge is 2.36. The van der Waals surface area contributed by atoms with Gasteiger partial charge in [0.1, 0.15) is 16.6 Å². The number of piperidine rings is 1. The van der Waals surface area contributed by atoms with E-state index in [4.69, 9.17) is 33.0 Å². The minimum Gasteiger partial charge on any atom is -0.457 e. The quantitative estimate of drug-likeness (QED) is 0.558. The summed E-state index contributed by atoms with van der Waals surface area (Å²) in [5.74, 6) is 0.248. The van der Waals surface area contributed by atoms with E-state index in [0.29, 0.717) is 26.6 Å². The lowest BCUT2D eigenvalue weighted by Crippen LogP contribution is -2.36. The van der Waals surface area contributed by atoms with Gasteiger partial charge in [-0.25, -0.2) is 0 Å². The molecule has 1 saturated heterocycles. The van der Waals surface area contributed by atoms with E-state index in [2.05, 4.69) is 10.1 Å². The molecule has 3 aliphatic heterocycles. The number of nitrogens with one attached hydrogen (secondary N) is 1. The van der Waals surface area contributed by atoms with Crippen LogP contribution in [0.4, 0.5) is 0 Å². The van der Waals surface area contributed by atoms with Crippen LogP contribution in [0.3, 0.4) is 0 Å². The Hall–Kier alpha value is -2.88. The SMILES string of the molecule is N=C1C(=Cc2ccc(-c3ccc(Cl)c(Cl)c3)o2)C(=O)N=C2SC(CC(=O)N3CCCCC3)=NN12. The second-order valence-corrected chi connectivity index (χ2v) is 9.82. The molecular formula is C23H19Cl2N5O3S. The number of benzene rings is 1. The van der Waals surface area contributed by atoms with Crippen LogP contribution in [0.15, 0.2) is 50.4 Å². The summed E-state index contributed by atoms with van der Waals surface area (Å²) >= 11 is 13.2. The van der Waals surface area contributed by atoms with Gasteiger partial charge >= 0.3 is 0 Å². The Labute approximate surface area is 209 Å². The number of hydrogen-bond acceptors (Lipinski definition) is 6. The standard InChI is InChI=1S/C23H19Cl2N5O3S/c24-16-6-4-13(10-17(16)25)18-7-5-14(33-18)11-15-21(26)30-23(27-22(15)32)34-19(28-30)12-20(31)29-8-2-1-3-9-29/h4-7,10-11,26H,1-3,8-9,12H2. The number of aliphatic imine (C=N–C) groups is 1. The lowest BCUT2D eigenvalue weighted by Gasteiger charge is -2.26. The zero-order valence-electron chi connectivity index (χ0n) is 17.9. The normalized spacial score (nSPS) is 19.4. The van der Waals surface area contributed by atoms with Gasteiger partial charge in [0.15, 0.2) is 5.84 Å². The third kappa shape index (κ3) is 4.55. The van der Waals surface area contributed by atoms with Crippen molar-refractivity contribution in [1.29, 1.82) is 5.41 Å². The second-order valence-electron chi connectivity index (χ2n) is 7.96. The minimum absolute atomic E-state index is 0.00503. The average Bonchev–Trinajstić information content (AvgIpc) is 3.46. The van der Waals surface area contributed by atoms with Crippen LogP contribution in [0, 0.1) is 5.41 Å². The number of carbonyl (C=O) groups is 2. The molecule has 0 bridgehead atoms. The number of carbonyl (C=O) groups excluding carboxylic acids is 2. The topological polar surface area (TPSA) is 102 Å². The molecule has 8 nitrogen and oxygen atoms in total. The fourth-order valence-electron chi connectivity index (χ4n) is 3.86. The molecular weight excluding hydrogens is 497 g/mol. The first-order valence-electron chi connectivity index (χ1n) is 10.7. The highest BCUT2D eigenvalue weighted by molar-refractivity contribution is 8.27. The summed E-state index contributed by atoms with van der Waals surface area (Å²) in [6.45, 7) is 1.52. The zero-order chi connectivity index (χ0) is 23.8. The smallest absolute Gasteiger partial charge is 0.283 e. The maximum absolute atomic E-state index is 12.7. The van der Waals surface area contributed by atoms with Crippen molar-refractivity contribution in [2.24, 2.45) is 10.1 Å². The number of halogens is 2. The molecule has 1 fully saturated rings. The van der Waals surface area contributed by atoms with Crippen molar-refractivity contribution in [2.45, 2.75) is 25.7 Å². The first-order valence-corrected chi connectivity index (χ1v) is 12.3. The maximum Gasteiger partial charge on any atom is 0.283 e. The van der Waals surface area contributed by atoms with E-state index in [1.165, 1.54) is 11.1 Å². The van der Waals surface area contributed by atoms with Crippen molar-refractivity contribution < 1.29 is 14.0 Å². The number of rotatable bonds is 4. The largest absolute Gasteiger partial charge is 0.457 e. The zero-order valence-corrected chi connectivity index (χ0v) is 20.2. The number of fused-ring (bicyclic) bond motifs is 1. The molecule has 3 aliphatic rings. The Bertz CT molecular complexity index is 1290. The summed E-state index contributed by atoms with van der Waals surface area (Å²) in [6.07, 6.45) is 4.76. The molecule has 174 valence electrons. The van der Waals surface area contributed by atoms with E-state index < -0.39 is 5.91 Å². The van der Waals surface area contributed by atoms with Crippen LogP contribution in [0.5, 0.6) is 0 Å². The molecule has 0 radical (unpaired) electrons. The summed E-state index contributed by atoms with van der Waals surface area (Å²) in [5.41, 5.74) is 0.778. The van der Waals surface area contributed by atoms with Crippen molar-refractivity contribution in [1.82, 2.24) is 9.91 Å². The minimum atomic E-state index is -0.560. The second kappa shape index (κ2) is 9.40. The molecule has 0 unspecified atom stereocenters. The molecule has 1 N–H and O–H groups in total. The van der Waals surface area contributed by atoms with Crippen molar-refractivity contribution in [3.63, 3.8) is 0 Å². The lowest BCUT2D eigenvalue weighted by atomic mass is 10.1. The maximum atomic E-state index is 12.7. The van der Waals surface area contributed by atoms with E-state index in [-0.39, 0.29) is 28.9 Å². The van der Waals surface area contributed by atoms with Gasteiger partial charge in [0.25, 0.3) is 5.91 Å². The lowest BCUT2D eigenvalue weighted by molar-refractivity contribution is -0.130. The van der Waals surface area contributed by atoms with E-state index in [1.807, 2.05) is 4.90 Å². The van der Waals surface area contributed by atoms with Crippen LogP contribution in [0.2, 0.25) is 10.0 Å². The van der Waals surface area contributed by atoms with Gasteiger partial charge in [-0.2, -0.15) is 15.1 Å². The summed E-state index contributed by atoms with van der Waals surface area (Å²) in [6, 6.07) is 8.57. The number of furan rings is 1. The summed E-state index contributed by atoms with van der Waals surface area (Å²) < 4.78 is 5.83. The molecule has 0 spiro atoms. The highest BCUT2D eigenvalue weighted by atomic mass is 35.5. The van der Waals surface area contributed by atoms with E-state index in [9.17, 15) is 9.59 Å². The van der Waals surface area contributed by atoms with E-state index in [0.717, 1.165) is 49.7 Å². The van der Waals surface area contributed by atoms with Crippen LogP contribution in [0.25, 0.3) is 17.4 Å². The molecule has 0 saturated carbocycles. The molecule has 2 amide bonds. The van der Waals surface area contributed by atoms with E-state index in [1.54, 1.807) is 30.3 Å². The van der Waals surface area contributed by atoms with Crippen LogP contribution in [0.1, 0.15) is 31.4 Å². The monoisotopic (exact) mass is 515 g/mol. The number of hydrazone groups is 1. The van der Waals surface area contributed by atoms with Gasteiger partial charge in [0, 0.05) is 18.7 Å². The van der Waals surface area contributed by atoms with Crippen molar-refractivity contribution in [2.75, 3.05) is 13.1 Å². The van der Waals surface area contributed by atoms with E-state index >= 15 is 0 Å². The first-order chi connectivity index (χ1) is 16.4. The fourth-order valence-corrected chi connectivity index (χ4v) is 5.04. The molecule has 1 aromatic heterocycles. The molecule has 34 heavy (non-hydrogen) atoms. The summed E-state index contributed by atoms with van der Waals surface area (Å²) in [4.78, 5) is 31.1. The molecule has 1 aromatic carbocycles. The number of nitrogens with zero attached hydrogens (tertiary/aromatic N) is 4. The summed E-state index contributed by atoms with van der Waals surface area (Å²) in [5, 5.41) is 15.8. The van der Waals surface area contributed by atoms with Crippen molar-refractivity contribution in [3.05, 3.63) is 51.7 Å². The van der Waals surface area contributed by atoms with Crippen LogP contribution in [-0.2, 0) is 9.59 Å². The third-order valence-corrected chi connectivity index (χ3v) is 7.27. The highest BCUT2D eigenvalue weighted by Crippen LogP contribution is 2.32. The predicted molar refractivity (Wildman–Crippen MR) is 134 cm³/mol. The Morgan fingerprint density at radius 2 is 1.94 bits per heavy atom. The number of amidine groups is 2. The third-order valence-electron chi connectivity index (χ3n) is 5.63. The van der Waals surface area contributed by atoms with Crippen molar-refractivity contribution in [3.8, 4) is 11.3 Å². The number of likely N-dealkylation sites (tertiary alicyclic amines) is 1. The Kier molecular flexibility index (Phi) is 6.33. The molecule has 2 aromatic rings. The van der Waals surface area contributed by atoms with Gasteiger partial charge in [0.05, 0.1) is 22.0 Å². The van der Waals surface area contributed by atoms with Gasteiger partial charge < -0.3 is 9.32 Å². The van der Waals surface area contributed by atoms with Gasteiger partial charge in [-0.05, 0) is 67.4 Å². The van der Waals surface area contributed by atoms with Gasteiger partial charge in [-0.3, -0.25) is 15.0 Å². The van der Waals surface area contributed by atoms with Crippen LogP contribution < -0.4 is 0 Å². The Balaban J connectivity index is 1.33. The molecule has 5 rings (SSSR count). The van der Waals surface area contributed by atoms with Crippen LogP contribution in [-0.4, -0.2) is 50.9 Å². The molecule has 4 heterocycles. The van der Waals surface area contributed by atoms with Gasteiger partial charge in [0.2, 0.25) is 11.1 Å². The number of amides is 2.